The predicted molar refractivity (Wildman–Crippen MR) is 71.2 cm³/mol. The van der Waals surface area contributed by atoms with E-state index in [1.807, 2.05) is 4.90 Å². The third kappa shape index (κ3) is 2.28. The molecule has 4 heteroatoms. The Morgan fingerprint density at radius 2 is 2.11 bits per heavy atom. The first kappa shape index (κ1) is 13.8. The molecular formula is C14H26N2O2. The van der Waals surface area contributed by atoms with E-state index in [0.29, 0.717) is 5.92 Å². The van der Waals surface area contributed by atoms with Crippen LogP contribution in [0.1, 0.15) is 39.5 Å². The number of nitrogens with one attached hydrogen (secondary N) is 1. The third-order valence-corrected chi connectivity index (χ3v) is 5.02. The Hall–Kier alpha value is -0.610. The second kappa shape index (κ2) is 5.57. The van der Waals surface area contributed by atoms with Gasteiger partial charge in [0.2, 0.25) is 5.91 Å². The zero-order chi connectivity index (χ0) is 13.2. The van der Waals surface area contributed by atoms with E-state index < -0.39 is 0 Å². The lowest BCUT2D eigenvalue weighted by Gasteiger charge is -2.40. The summed E-state index contributed by atoms with van der Waals surface area (Å²) in [5.74, 6) is 0.712. The van der Waals surface area contributed by atoms with E-state index in [9.17, 15) is 9.90 Å². The first-order valence-electron chi connectivity index (χ1n) is 7.27. The number of nitrogens with zero attached hydrogens (tertiary/aromatic N) is 1. The summed E-state index contributed by atoms with van der Waals surface area (Å²) in [5.41, 5.74) is -0.178. The van der Waals surface area contributed by atoms with Crippen molar-refractivity contribution in [2.24, 2.45) is 11.3 Å². The van der Waals surface area contributed by atoms with Crippen LogP contribution in [0, 0.1) is 11.3 Å². The molecular weight excluding hydrogens is 228 g/mol. The van der Waals surface area contributed by atoms with E-state index in [0.717, 1.165) is 45.3 Å². The van der Waals surface area contributed by atoms with Crippen molar-refractivity contribution in [2.45, 2.75) is 45.6 Å². The van der Waals surface area contributed by atoms with Crippen molar-refractivity contribution in [2.75, 3.05) is 26.2 Å². The molecule has 2 fully saturated rings. The van der Waals surface area contributed by atoms with Gasteiger partial charge in [0.25, 0.3) is 0 Å². The van der Waals surface area contributed by atoms with Crippen LogP contribution in [0.15, 0.2) is 0 Å². The van der Waals surface area contributed by atoms with Crippen LogP contribution in [0.5, 0.6) is 0 Å². The second-order valence-corrected chi connectivity index (χ2v) is 5.90. The number of aliphatic hydroxyl groups is 1. The third-order valence-electron chi connectivity index (χ3n) is 5.02. The Kier molecular flexibility index (Phi) is 4.28. The highest BCUT2D eigenvalue weighted by atomic mass is 16.3. The zero-order valence-corrected chi connectivity index (χ0v) is 11.6. The number of amides is 1. The van der Waals surface area contributed by atoms with Crippen LogP contribution in [0.2, 0.25) is 0 Å². The van der Waals surface area contributed by atoms with Gasteiger partial charge in [-0.15, -0.1) is 0 Å². The van der Waals surface area contributed by atoms with Crippen LogP contribution >= 0.6 is 0 Å². The molecule has 0 bridgehead atoms. The van der Waals surface area contributed by atoms with E-state index in [-0.39, 0.29) is 24.0 Å². The summed E-state index contributed by atoms with van der Waals surface area (Å²) in [7, 11) is 0. The first-order chi connectivity index (χ1) is 8.64. The number of rotatable bonds is 3. The van der Waals surface area contributed by atoms with E-state index >= 15 is 0 Å². The maximum Gasteiger partial charge on any atom is 0.229 e. The van der Waals surface area contributed by atoms with Crippen LogP contribution in [0.3, 0.4) is 0 Å². The molecule has 0 radical (unpaired) electrons. The molecule has 0 aromatic heterocycles. The quantitative estimate of drug-likeness (QED) is 0.790. The van der Waals surface area contributed by atoms with Gasteiger partial charge in [-0.1, -0.05) is 13.8 Å². The average molecular weight is 254 g/mol. The lowest BCUT2D eigenvalue weighted by atomic mass is 9.75. The van der Waals surface area contributed by atoms with Crippen molar-refractivity contribution in [3.05, 3.63) is 0 Å². The molecule has 0 aromatic carbocycles. The van der Waals surface area contributed by atoms with Crippen molar-refractivity contribution >= 4 is 5.91 Å². The highest BCUT2D eigenvalue weighted by molar-refractivity contribution is 5.83. The molecule has 2 aliphatic rings. The summed E-state index contributed by atoms with van der Waals surface area (Å²) >= 11 is 0. The summed E-state index contributed by atoms with van der Waals surface area (Å²) in [6.07, 6.45) is 3.81. The van der Waals surface area contributed by atoms with Gasteiger partial charge in [0.1, 0.15) is 0 Å². The van der Waals surface area contributed by atoms with Crippen molar-refractivity contribution < 1.29 is 9.90 Å². The molecule has 1 amide bonds. The lowest BCUT2D eigenvalue weighted by Crippen LogP contribution is -2.51. The minimum Gasteiger partial charge on any atom is -0.394 e. The molecule has 2 unspecified atom stereocenters. The van der Waals surface area contributed by atoms with Gasteiger partial charge in [0, 0.05) is 6.54 Å². The van der Waals surface area contributed by atoms with Gasteiger partial charge in [-0.25, -0.2) is 0 Å². The van der Waals surface area contributed by atoms with Crippen molar-refractivity contribution in [3.63, 3.8) is 0 Å². The number of piperidine rings is 1. The highest BCUT2D eigenvalue weighted by Crippen LogP contribution is 2.37. The van der Waals surface area contributed by atoms with Gasteiger partial charge in [0.15, 0.2) is 0 Å². The topological polar surface area (TPSA) is 52.6 Å². The van der Waals surface area contributed by atoms with E-state index in [4.69, 9.17) is 0 Å². The fourth-order valence-corrected chi connectivity index (χ4v) is 3.47. The largest absolute Gasteiger partial charge is 0.394 e. The van der Waals surface area contributed by atoms with Crippen LogP contribution in [0.25, 0.3) is 0 Å². The summed E-state index contributed by atoms with van der Waals surface area (Å²) in [5, 5.41) is 12.8. The lowest BCUT2D eigenvalue weighted by molar-refractivity contribution is -0.146. The van der Waals surface area contributed by atoms with Crippen molar-refractivity contribution in [1.29, 1.82) is 0 Å². The minimum atomic E-state index is -0.178. The highest BCUT2D eigenvalue weighted by Gasteiger charge is 2.44. The number of aliphatic hydroxyl groups excluding tert-OH is 1. The van der Waals surface area contributed by atoms with Crippen molar-refractivity contribution in [3.8, 4) is 0 Å². The molecule has 2 atom stereocenters. The van der Waals surface area contributed by atoms with E-state index in [1.54, 1.807) is 0 Å². The molecule has 2 heterocycles. The molecule has 104 valence electrons. The fourth-order valence-electron chi connectivity index (χ4n) is 3.47. The Labute approximate surface area is 110 Å². The number of carbonyl (C=O) groups is 1. The van der Waals surface area contributed by atoms with Gasteiger partial charge < -0.3 is 15.3 Å². The Morgan fingerprint density at radius 3 is 2.67 bits per heavy atom. The predicted octanol–water partition coefficient (Wildman–Crippen LogP) is 0.996. The summed E-state index contributed by atoms with van der Waals surface area (Å²) in [6, 6.07) is 0.0378. The first-order valence-corrected chi connectivity index (χ1v) is 7.27. The summed E-state index contributed by atoms with van der Waals surface area (Å²) in [4.78, 5) is 14.8. The molecule has 0 spiro atoms. The van der Waals surface area contributed by atoms with Gasteiger partial charge in [-0.3, -0.25) is 4.79 Å². The molecule has 2 rings (SSSR count). The smallest absolute Gasteiger partial charge is 0.229 e. The Morgan fingerprint density at radius 1 is 1.44 bits per heavy atom. The number of carbonyl (C=O) groups excluding carboxylic acids is 1. The molecule has 0 aliphatic carbocycles. The molecule has 0 saturated carbocycles. The maximum absolute atomic E-state index is 12.9. The number of hydrogen-bond donors (Lipinski definition) is 2. The molecule has 2 N–H and O–H groups in total. The zero-order valence-electron chi connectivity index (χ0n) is 11.6. The maximum atomic E-state index is 12.9. The monoisotopic (exact) mass is 254 g/mol. The van der Waals surface area contributed by atoms with Gasteiger partial charge in [-0.2, -0.15) is 0 Å². The van der Waals surface area contributed by atoms with Crippen LogP contribution in [0.4, 0.5) is 0 Å². The standard InChI is InChI=1S/C14H26N2O2/c1-3-14(5-7-15-8-6-14)13(18)16-9-4-11(2)12(16)10-17/h11-12,15,17H,3-10H2,1-2H3. The number of hydrogen-bond acceptors (Lipinski definition) is 3. The van der Waals surface area contributed by atoms with Crippen LogP contribution in [-0.4, -0.2) is 48.2 Å². The normalized spacial score (nSPS) is 31.6. The van der Waals surface area contributed by atoms with Gasteiger partial charge >= 0.3 is 0 Å². The Bertz CT molecular complexity index is 300. The molecule has 18 heavy (non-hydrogen) atoms. The molecule has 4 nitrogen and oxygen atoms in total. The molecule has 2 saturated heterocycles. The number of likely N-dealkylation sites (tertiary alicyclic amines) is 1. The van der Waals surface area contributed by atoms with Gasteiger partial charge in [-0.05, 0) is 44.7 Å². The average Bonchev–Trinajstić information content (AvgIpc) is 2.79. The SMILES string of the molecule is CCC1(C(=O)N2CCC(C)C2CO)CCNCC1. The fraction of sp³-hybridized carbons (Fsp3) is 0.929. The minimum absolute atomic E-state index is 0.0378. The molecule has 0 aromatic rings. The molecule has 2 aliphatic heterocycles. The van der Waals surface area contributed by atoms with Crippen molar-refractivity contribution in [1.82, 2.24) is 10.2 Å². The summed E-state index contributed by atoms with van der Waals surface area (Å²) in [6.45, 7) is 7.05. The van der Waals surface area contributed by atoms with E-state index in [2.05, 4.69) is 19.2 Å². The summed E-state index contributed by atoms with van der Waals surface area (Å²) < 4.78 is 0. The van der Waals surface area contributed by atoms with Crippen LogP contribution in [-0.2, 0) is 4.79 Å². The van der Waals surface area contributed by atoms with Gasteiger partial charge in [0.05, 0.1) is 18.1 Å². The van der Waals surface area contributed by atoms with Crippen LogP contribution < -0.4 is 5.32 Å². The van der Waals surface area contributed by atoms with E-state index in [1.165, 1.54) is 0 Å². The second-order valence-electron chi connectivity index (χ2n) is 5.90. The Balaban J connectivity index is 2.13.